The standard InChI is InChI=1S/C7H11NO2/c1-6(10)8(2)7(5-9)3-4-7/h5H,3-4H2,1-2H3. The van der Waals surface area contributed by atoms with Gasteiger partial charge in [-0.05, 0) is 12.8 Å². The van der Waals surface area contributed by atoms with Gasteiger partial charge in [-0.25, -0.2) is 0 Å². The van der Waals surface area contributed by atoms with E-state index in [4.69, 9.17) is 0 Å². The van der Waals surface area contributed by atoms with E-state index in [2.05, 4.69) is 0 Å². The molecule has 0 saturated heterocycles. The maximum Gasteiger partial charge on any atom is 0.220 e. The molecule has 0 aliphatic heterocycles. The van der Waals surface area contributed by atoms with E-state index in [1.54, 1.807) is 7.05 Å². The van der Waals surface area contributed by atoms with Crippen LogP contribution >= 0.6 is 0 Å². The van der Waals surface area contributed by atoms with Crippen molar-refractivity contribution in [2.24, 2.45) is 0 Å². The summed E-state index contributed by atoms with van der Waals surface area (Å²) in [4.78, 5) is 22.7. The summed E-state index contributed by atoms with van der Waals surface area (Å²) >= 11 is 0. The molecule has 56 valence electrons. The minimum Gasteiger partial charge on any atom is -0.334 e. The first-order valence-corrected chi connectivity index (χ1v) is 3.33. The predicted molar refractivity (Wildman–Crippen MR) is 36.5 cm³/mol. The molecule has 3 nitrogen and oxygen atoms in total. The zero-order chi connectivity index (χ0) is 7.78. The third-order valence-electron chi connectivity index (χ3n) is 2.12. The Bertz CT molecular complexity index is 172. The second kappa shape index (κ2) is 2.08. The molecule has 0 unspecified atom stereocenters. The molecule has 0 aromatic rings. The Morgan fingerprint density at radius 3 is 2.20 bits per heavy atom. The summed E-state index contributed by atoms with van der Waals surface area (Å²) in [7, 11) is 1.67. The van der Waals surface area contributed by atoms with Crippen LogP contribution in [0.2, 0.25) is 0 Å². The van der Waals surface area contributed by atoms with Gasteiger partial charge in [-0.2, -0.15) is 0 Å². The molecule has 1 aliphatic rings. The quantitative estimate of drug-likeness (QED) is 0.515. The number of likely N-dealkylation sites (N-methyl/N-ethyl adjacent to an activating group) is 1. The summed E-state index contributed by atoms with van der Waals surface area (Å²) in [5.74, 6) is -0.0374. The van der Waals surface area contributed by atoms with Crippen LogP contribution in [-0.2, 0) is 9.59 Å². The van der Waals surface area contributed by atoms with Gasteiger partial charge in [0.2, 0.25) is 5.91 Å². The van der Waals surface area contributed by atoms with Crippen molar-refractivity contribution >= 4 is 12.2 Å². The molecule has 0 bridgehead atoms. The molecule has 1 fully saturated rings. The third kappa shape index (κ3) is 0.916. The number of carbonyl (C=O) groups excluding carboxylic acids is 2. The first-order valence-electron chi connectivity index (χ1n) is 3.33. The molecule has 0 aromatic carbocycles. The maximum atomic E-state index is 10.8. The predicted octanol–water partition coefficient (Wildman–Crippen LogP) is 0.196. The first-order chi connectivity index (χ1) is 4.62. The number of hydrogen-bond acceptors (Lipinski definition) is 2. The summed E-state index contributed by atoms with van der Waals surface area (Å²) < 4.78 is 0. The van der Waals surface area contributed by atoms with E-state index in [0.29, 0.717) is 0 Å². The van der Waals surface area contributed by atoms with Gasteiger partial charge in [-0.15, -0.1) is 0 Å². The Balaban J connectivity index is 2.64. The lowest BCUT2D eigenvalue weighted by atomic mass is 10.3. The Hall–Kier alpha value is -0.860. The Labute approximate surface area is 60.0 Å². The number of aldehydes is 1. The molecule has 1 amide bonds. The maximum absolute atomic E-state index is 10.8. The first kappa shape index (κ1) is 7.25. The van der Waals surface area contributed by atoms with Crippen molar-refractivity contribution in [1.29, 1.82) is 0 Å². The van der Waals surface area contributed by atoms with Crippen molar-refractivity contribution in [2.75, 3.05) is 7.05 Å². The topological polar surface area (TPSA) is 37.4 Å². The van der Waals surface area contributed by atoms with E-state index in [0.717, 1.165) is 19.1 Å². The molecule has 10 heavy (non-hydrogen) atoms. The zero-order valence-corrected chi connectivity index (χ0v) is 6.26. The van der Waals surface area contributed by atoms with E-state index in [9.17, 15) is 9.59 Å². The highest BCUT2D eigenvalue weighted by Crippen LogP contribution is 2.38. The largest absolute Gasteiger partial charge is 0.334 e. The lowest BCUT2D eigenvalue weighted by Gasteiger charge is -2.20. The summed E-state index contributed by atoms with van der Waals surface area (Å²) in [6.45, 7) is 1.48. The zero-order valence-electron chi connectivity index (χ0n) is 6.26. The lowest BCUT2D eigenvalue weighted by Crippen LogP contribution is -2.38. The number of rotatable bonds is 2. The van der Waals surface area contributed by atoms with Crippen LogP contribution in [0.5, 0.6) is 0 Å². The molecule has 0 radical (unpaired) electrons. The van der Waals surface area contributed by atoms with Gasteiger partial charge in [0, 0.05) is 14.0 Å². The van der Waals surface area contributed by atoms with Crippen LogP contribution in [0.3, 0.4) is 0 Å². The molecule has 0 N–H and O–H groups in total. The second-order valence-corrected chi connectivity index (χ2v) is 2.80. The molecule has 0 heterocycles. The van der Waals surface area contributed by atoms with Crippen LogP contribution in [0, 0.1) is 0 Å². The highest BCUT2D eigenvalue weighted by molar-refractivity contribution is 5.81. The van der Waals surface area contributed by atoms with E-state index in [1.165, 1.54) is 11.8 Å². The normalized spacial score (nSPS) is 19.8. The molecular formula is C7H11NO2. The molecule has 1 aliphatic carbocycles. The fourth-order valence-electron chi connectivity index (χ4n) is 0.974. The van der Waals surface area contributed by atoms with Gasteiger partial charge in [0.05, 0.1) is 5.54 Å². The molecular weight excluding hydrogens is 130 g/mol. The molecule has 0 atom stereocenters. The van der Waals surface area contributed by atoms with Crippen LogP contribution < -0.4 is 0 Å². The summed E-state index contributed by atoms with van der Waals surface area (Å²) in [6.07, 6.45) is 2.52. The smallest absolute Gasteiger partial charge is 0.220 e. The SMILES string of the molecule is CC(=O)N(C)C1(C=O)CC1. The third-order valence-corrected chi connectivity index (χ3v) is 2.12. The van der Waals surface area contributed by atoms with Crippen molar-refractivity contribution < 1.29 is 9.59 Å². The summed E-state index contributed by atoms with van der Waals surface area (Å²) in [6, 6.07) is 0. The van der Waals surface area contributed by atoms with Crippen molar-refractivity contribution in [1.82, 2.24) is 4.90 Å². The van der Waals surface area contributed by atoms with Gasteiger partial charge in [-0.3, -0.25) is 4.79 Å². The van der Waals surface area contributed by atoms with Gasteiger partial charge in [0.15, 0.2) is 0 Å². The minimum absolute atomic E-state index is 0.0374. The highest BCUT2D eigenvalue weighted by atomic mass is 16.2. The monoisotopic (exact) mass is 141 g/mol. The number of hydrogen-bond donors (Lipinski definition) is 0. The Morgan fingerprint density at radius 1 is 1.60 bits per heavy atom. The van der Waals surface area contributed by atoms with Crippen molar-refractivity contribution in [3.63, 3.8) is 0 Å². The number of nitrogens with zero attached hydrogens (tertiary/aromatic N) is 1. The van der Waals surface area contributed by atoms with Crippen molar-refractivity contribution in [2.45, 2.75) is 25.3 Å². The van der Waals surface area contributed by atoms with E-state index in [-0.39, 0.29) is 5.91 Å². The lowest BCUT2D eigenvalue weighted by molar-refractivity contribution is -0.133. The molecule has 3 heteroatoms. The fourth-order valence-corrected chi connectivity index (χ4v) is 0.974. The van der Waals surface area contributed by atoms with E-state index >= 15 is 0 Å². The van der Waals surface area contributed by atoms with Crippen LogP contribution in [0.4, 0.5) is 0 Å². The average Bonchev–Trinajstić information content (AvgIpc) is 2.66. The Morgan fingerprint density at radius 2 is 2.10 bits per heavy atom. The Kier molecular flexibility index (Phi) is 1.50. The second-order valence-electron chi connectivity index (χ2n) is 2.80. The molecule has 1 rings (SSSR count). The van der Waals surface area contributed by atoms with Crippen LogP contribution in [0.1, 0.15) is 19.8 Å². The fraction of sp³-hybridized carbons (Fsp3) is 0.714. The van der Waals surface area contributed by atoms with Gasteiger partial charge in [-0.1, -0.05) is 0 Å². The van der Waals surface area contributed by atoms with E-state index < -0.39 is 5.54 Å². The average molecular weight is 141 g/mol. The van der Waals surface area contributed by atoms with Crippen molar-refractivity contribution in [3.05, 3.63) is 0 Å². The van der Waals surface area contributed by atoms with Gasteiger partial charge >= 0.3 is 0 Å². The van der Waals surface area contributed by atoms with Crippen LogP contribution in [0.25, 0.3) is 0 Å². The summed E-state index contributed by atoms with van der Waals surface area (Å²) in [5, 5.41) is 0. The van der Waals surface area contributed by atoms with Crippen LogP contribution in [-0.4, -0.2) is 29.7 Å². The van der Waals surface area contributed by atoms with Gasteiger partial charge in [0.25, 0.3) is 0 Å². The van der Waals surface area contributed by atoms with Gasteiger partial charge < -0.3 is 9.69 Å². The molecule has 0 spiro atoms. The van der Waals surface area contributed by atoms with Crippen molar-refractivity contribution in [3.8, 4) is 0 Å². The summed E-state index contributed by atoms with van der Waals surface area (Å²) in [5.41, 5.74) is -0.425. The molecule has 1 saturated carbocycles. The molecule has 0 aromatic heterocycles. The van der Waals surface area contributed by atoms with Gasteiger partial charge in [0.1, 0.15) is 6.29 Å². The van der Waals surface area contributed by atoms with Crippen LogP contribution in [0.15, 0.2) is 0 Å². The van der Waals surface area contributed by atoms with E-state index in [1.807, 2.05) is 0 Å². The highest BCUT2D eigenvalue weighted by Gasteiger charge is 2.47. The number of carbonyl (C=O) groups is 2. The number of amides is 1. The minimum atomic E-state index is -0.425.